The molecular weight excluding hydrogens is 467 g/mol. The number of carboxylic acids is 1. The summed E-state index contributed by atoms with van der Waals surface area (Å²) in [6.45, 7) is 0.352. The smallest absolute Gasteiger partial charge is 0.490 e. The van der Waals surface area contributed by atoms with E-state index in [1.807, 2.05) is 30.3 Å². The largest absolute Gasteiger partial charge is 0.490 e. The number of carbonyl (C=O) groups is 1. The summed E-state index contributed by atoms with van der Waals surface area (Å²) >= 11 is 0. The fourth-order valence-electron chi connectivity index (χ4n) is 4.82. The minimum absolute atomic E-state index is 0.00509. The number of aliphatic carboxylic acids is 1. The number of carboxylic acid groups (broad SMARTS) is 1. The Balaban J connectivity index is 0.000000364. The van der Waals surface area contributed by atoms with Gasteiger partial charge in [-0.05, 0) is 54.7 Å². The van der Waals surface area contributed by atoms with Crippen LogP contribution < -0.4 is 10.5 Å². The summed E-state index contributed by atoms with van der Waals surface area (Å²) in [5.74, 6) is -1.96. The number of alkyl halides is 3. The highest BCUT2D eigenvalue weighted by atomic mass is 19.4. The van der Waals surface area contributed by atoms with Crippen molar-refractivity contribution in [3.63, 3.8) is 0 Å². The molecule has 2 aromatic carbocycles. The van der Waals surface area contributed by atoms with Gasteiger partial charge in [0.1, 0.15) is 24.0 Å². The Morgan fingerprint density at radius 3 is 2.54 bits per heavy atom. The summed E-state index contributed by atoms with van der Waals surface area (Å²) in [7, 11) is 0. The van der Waals surface area contributed by atoms with E-state index < -0.39 is 17.7 Å². The summed E-state index contributed by atoms with van der Waals surface area (Å²) in [6, 6.07) is 15.9. The number of nitrogens with two attached hydrogens (primary N) is 1. The van der Waals surface area contributed by atoms with Gasteiger partial charge >= 0.3 is 12.1 Å². The molecule has 2 heterocycles. The Hall–Kier alpha value is -3.78. The van der Waals surface area contributed by atoms with Crippen LogP contribution in [0, 0.1) is 17.2 Å². The number of halogens is 3. The normalized spacial score (nSPS) is 26.6. The Kier molecular flexibility index (Phi) is 6.34. The average Bonchev–Trinajstić information content (AvgIpc) is 3.21. The summed E-state index contributed by atoms with van der Waals surface area (Å²) in [6.07, 6.45) is -3.34. The van der Waals surface area contributed by atoms with E-state index in [1.54, 1.807) is 6.07 Å². The summed E-state index contributed by atoms with van der Waals surface area (Å²) in [5, 5.41) is 26.6. The number of rotatable bonds is 1. The molecule has 5 rings (SSSR count). The van der Waals surface area contributed by atoms with Gasteiger partial charge in [-0.25, -0.2) is 9.79 Å². The molecule has 11 heteroatoms. The van der Waals surface area contributed by atoms with E-state index in [4.69, 9.17) is 30.1 Å². The number of aliphatic hydroxyl groups is 1. The van der Waals surface area contributed by atoms with Gasteiger partial charge in [0, 0.05) is 11.5 Å². The van der Waals surface area contributed by atoms with E-state index >= 15 is 0 Å². The Labute approximate surface area is 198 Å². The Bertz CT molecular complexity index is 1210. The summed E-state index contributed by atoms with van der Waals surface area (Å²) in [4.78, 5) is 13.6. The van der Waals surface area contributed by atoms with E-state index in [2.05, 4.69) is 12.1 Å². The molecule has 1 saturated carbocycles. The molecule has 1 spiro atoms. The number of amidine groups is 1. The van der Waals surface area contributed by atoms with Gasteiger partial charge in [0.15, 0.2) is 0 Å². The maximum atomic E-state index is 10.6. The first-order valence-corrected chi connectivity index (χ1v) is 10.8. The molecule has 1 aliphatic carbocycles. The van der Waals surface area contributed by atoms with Crippen molar-refractivity contribution in [2.24, 2.45) is 16.6 Å². The second kappa shape index (κ2) is 9.11. The van der Waals surface area contributed by atoms with Crippen molar-refractivity contribution in [2.75, 3.05) is 6.61 Å². The van der Waals surface area contributed by atoms with Crippen LogP contribution in [0.3, 0.4) is 0 Å². The lowest BCUT2D eigenvalue weighted by molar-refractivity contribution is -0.192. The third-order valence-corrected chi connectivity index (χ3v) is 6.41. The van der Waals surface area contributed by atoms with E-state index in [-0.39, 0.29) is 24.1 Å². The number of aliphatic imine (C=N–C) groups is 1. The van der Waals surface area contributed by atoms with Crippen LogP contribution in [-0.4, -0.2) is 47.2 Å². The zero-order chi connectivity index (χ0) is 25.4. The zero-order valence-corrected chi connectivity index (χ0v) is 18.3. The number of nitrogens with zero attached hydrogens (tertiary/aromatic N) is 2. The fourth-order valence-corrected chi connectivity index (χ4v) is 4.82. The highest BCUT2D eigenvalue weighted by Crippen LogP contribution is 2.53. The van der Waals surface area contributed by atoms with Crippen LogP contribution in [0.2, 0.25) is 0 Å². The van der Waals surface area contributed by atoms with Gasteiger partial charge in [-0.2, -0.15) is 18.4 Å². The maximum Gasteiger partial charge on any atom is 0.490 e. The van der Waals surface area contributed by atoms with E-state index in [0.29, 0.717) is 18.6 Å². The van der Waals surface area contributed by atoms with Gasteiger partial charge in [0.05, 0.1) is 17.7 Å². The summed E-state index contributed by atoms with van der Waals surface area (Å²) in [5.41, 5.74) is 8.77. The van der Waals surface area contributed by atoms with Crippen LogP contribution in [0.5, 0.6) is 5.75 Å². The minimum Gasteiger partial charge on any atom is -0.490 e. The highest BCUT2D eigenvalue weighted by molar-refractivity contribution is 5.76. The molecular formula is C24H22F3N3O5. The van der Waals surface area contributed by atoms with Gasteiger partial charge in [-0.3, -0.25) is 0 Å². The summed E-state index contributed by atoms with van der Waals surface area (Å²) < 4.78 is 43.7. The van der Waals surface area contributed by atoms with Crippen molar-refractivity contribution in [2.45, 2.75) is 43.2 Å². The molecule has 184 valence electrons. The first-order chi connectivity index (χ1) is 16.5. The molecule has 0 saturated heterocycles. The van der Waals surface area contributed by atoms with Gasteiger partial charge in [0.25, 0.3) is 6.02 Å². The first-order valence-electron chi connectivity index (χ1n) is 10.8. The molecule has 0 amide bonds. The second-order valence-corrected chi connectivity index (χ2v) is 8.60. The quantitative estimate of drug-likeness (QED) is 0.559. The Morgan fingerprint density at radius 2 is 1.91 bits per heavy atom. The lowest BCUT2D eigenvalue weighted by atomic mass is 9.67. The van der Waals surface area contributed by atoms with Crippen LogP contribution in [-0.2, 0) is 15.1 Å². The van der Waals surface area contributed by atoms with Gasteiger partial charge in [0.2, 0.25) is 0 Å². The number of hydrogen-bond acceptors (Lipinski definition) is 7. The van der Waals surface area contributed by atoms with Crippen molar-refractivity contribution in [1.29, 1.82) is 5.26 Å². The molecule has 8 nitrogen and oxygen atoms in total. The van der Waals surface area contributed by atoms with E-state index in [1.165, 1.54) is 0 Å². The number of nitriles is 1. The lowest BCUT2D eigenvalue weighted by Crippen LogP contribution is -2.51. The Morgan fingerprint density at radius 1 is 1.20 bits per heavy atom. The molecule has 1 fully saturated rings. The fraction of sp³-hybridized carbons (Fsp3) is 0.375. The van der Waals surface area contributed by atoms with Crippen LogP contribution in [0.4, 0.5) is 13.2 Å². The second-order valence-electron chi connectivity index (χ2n) is 8.60. The van der Waals surface area contributed by atoms with Gasteiger partial charge in [-0.1, -0.05) is 18.2 Å². The molecule has 35 heavy (non-hydrogen) atoms. The third-order valence-electron chi connectivity index (χ3n) is 6.41. The van der Waals surface area contributed by atoms with Crippen LogP contribution in [0.15, 0.2) is 47.5 Å². The zero-order valence-electron chi connectivity index (χ0n) is 18.3. The van der Waals surface area contributed by atoms with Crippen molar-refractivity contribution in [3.8, 4) is 22.9 Å². The van der Waals surface area contributed by atoms with Crippen molar-refractivity contribution in [3.05, 3.63) is 53.6 Å². The van der Waals surface area contributed by atoms with Crippen LogP contribution in [0.1, 0.15) is 30.4 Å². The van der Waals surface area contributed by atoms with Gasteiger partial charge < -0.3 is 25.4 Å². The monoisotopic (exact) mass is 489 g/mol. The van der Waals surface area contributed by atoms with Crippen molar-refractivity contribution in [1.82, 2.24) is 0 Å². The standard InChI is InChI=1S/C22H21N3O3.C2HF3O2/c23-11-13-2-1-3-14(8-13)15-4-6-19-17(9-15)22(12-27-21(24)25-22)18-10-16(26)5-7-20(18)28-19;3-2(4,5)1(6)7/h1-4,6,8-9,16,18,20,26H,5,7,10,12H2,(H2,24,25);(H,6,7). The molecule has 0 bridgehead atoms. The molecule has 0 aromatic heterocycles. The van der Waals surface area contributed by atoms with Gasteiger partial charge in [-0.15, -0.1) is 0 Å². The molecule has 3 aliphatic rings. The average molecular weight is 489 g/mol. The molecule has 0 radical (unpaired) electrons. The molecule has 2 aliphatic heterocycles. The number of aliphatic hydroxyl groups excluding tert-OH is 1. The first kappa shape index (κ1) is 24.3. The predicted octanol–water partition coefficient (Wildman–Crippen LogP) is 3.32. The highest BCUT2D eigenvalue weighted by Gasteiger charge is 2.55. The molecule has 2 aromatic rings. The molecule has 4 unspecified atom stereocenters. The van der Waals surface area contributed by atoms with Crippen LogP contribution >= 0.6 is 0 Å². The number of fused-ring (bicyclic) bond motifs is 4. The van der Waals surface area contributed by atoms with E-state index in [9.17, 15) is 23.5 Å². The SMILES string of the molecule is N#Cc1cccc(-c2ccc3c(c2)C2(COC(N)=N2)C2CC(O)CCC2O3)c1.O=C(O)C(F)(F)F. The van der Waals surface area contributed by atoms with Crippen molar-refractivity contribution < 1.29 is 37.7 Å². The lowest BCUT2D eigenvalue weighted by Gasteiger charge is -2.47. The molecule has 4 N–H and O–H groups in total. The maximum absolute atomic E-state index is 10.6. The topological polar surface area (TPSA) is 138 Å². The van der Waals surface area contributed by atoms with Crippen molar-refractivity contribution >= 4 is 12.0 Å². The molecule has 4 atom stereocenters. The number of benzene rings is 2. The third kappa shape index (κ3) is 4.74. The van der Waals surface area contributed by atoms with E-state index in [0.717, 1.165) is 35.3 Å². The van der Waals surface area contributed by atoms with Crippen LogP contribution in [0.25, 0.3) is 11.1 Å². The predicted molar refractivity (Wildman–Crippen MR) is 117 cm³/mol. The number of hydrogen-bond donors (Lipinski definition) is 3. The minimum atomic E-state index is -5.08. The number of ether oxygens (including phenoxy) is 2.